The molecule has 1 N–H and O–H groups in total. The second-order valence-electron chi connectivity index (χ2n) is 6.25. The van der Waals surface area contributed by atoms with E-state index < -0.39 is 29.0 Å². The van der Waals surface area contributed by atoms with Crippen molar-refractivity contribution in [3.8, 4) is 11.5 Å². The minimum absolute atomic E-state index is 0.0290. The number of Topliss-reactive ketones (excluding diaryl/α,β-unsaturated/α-hetero) is 1. The second kappa shape index (κ2) is 9.44. The van der Waals surface area contributed by atoms with Crippen LogP contribution in [0.3, 0.4) is 0 Å². The molecule has 0 aliphatic heterocycles. The average Bonchev–Trinajstić information content (AvgIpc) is 2.65. The summed E-state index contributed by atoms with van der Waals surface area (Å²) in [5, 5.41) is 9.87. The Morgan fingerprint density at radius 3 is 2.19 bits per heavy atom. The van der Waals surface area contributed by atoms with Gasteiger partial charge in [-0.3, -0.25) is 4.79 Å². The molecule has 0 saturated carbocycles. The Morgan fingerprint density at radius 2 is 1.59 bits per heavy atom. The second-order valence-corrected chi connectivity index (χ2v) is 6.25. The van der Waals surface area contributed by atoms with Gasteiger partial charge >= 0.3 is 0 Å². The Balaban J connectivity index is 2.03. The number of hydrogen-bond donors (Lipinski definition) is 1. The van der Waals surface area contributed by atoms with Gasteiger partial charge in [-0.2, -0.15) is 4.39 Å². The van der Waals surface area contributed by atoms with Crippen LogP contribution in [0.25, 0.3) is 0 Å². The zero-order chi connectivity index (χ0) is 20.0. The molecule has 0 aliphatic carbocycles. The quantitative estimate of drug-likeness (QED) is 0.595. The van der Waals surface area contributed by atoms with Gasteiger partial charge in [-0.25, -0.2) is 8.78 Å². The predicted molar refractivity (Wildman–Crippen MR) is 96.9 cm³/mol. The Bertz CT molecular complexity index is 819. The van der Waals surface area contributed by atoms with Crippen molar-refractivity contribution in [2.45, 2.75) is 46.0 Å². The van der Waals surface area contributed by atoms with Gasteiger partial charge in [-0.15, -0.1) is 0 Å². The average molecular weight is 380 g/mol. The minimum atomic E-state index is -0.984. The summed E-state index contributed by atoms with van der Waals surface area (Å²) in [6.07, 6.45) is 1.56. The lowest BCUT2D eigenvalue weighted by Crippen LogP contribution is -2.05. The fourth-order valence-electron chi connectivity index (χ4n) is 2.90. The molecule has 0 aliphatic rings. The van der Waals surface area contributed by atoms with Crippen LogP contribution in [0.15, 0.2) is 24.3 Å². The normalized spacial score (nSPS) is 10.9. The lowest BCUT2D eigenvalue weighted by molar-refractivity contribution is 0.0976. The molecule has 0 heterocycles. The molecule has 0 spiro atoms. The molecule has 2 aromatic carbocycles. The lowest BCUT2D eigenvalue weighted by Gasteiger charge is -2.10. The van der Waals surface area contributed by atoms with Crippen LogP contribution in [0, 0.1) is 17.5 Å². The number of rotatable bonds is 9. The zero-order valence-corrected chi connectivity index (χ0v) is 15.4. The standard InChI is InChI=1S/C21H23F3O3/c1-3-6-13-9-10-14(19(23)18(13)22)7-5-8-16(25)15-11-12-17(27-4-2)20(24)21(15)26/h9-12,26H,3-8H2,1-2H3. The van der Waals surface area contributed by atoms with Crippen molar-refractivity contribution in [2.75, 3.05) is 6.61 Å². The molecule has 0 amide bonds. The number of carbonyl (C=O) groups is 1. The van der Waals surface area contributed by atoms with Crippen LogP contribution in [0.4, 0.5) is 13.2 Å². The molecule has 0 fully saturated rings. The molecule has 27 heavy (non-hydrogen) atoms. The van der Waals surface area contributed by atoms with Gasteiger partial charge in [0.1, 0.15) is 0 Å². The first-order valence-electron chi connectivity index (χ1n) is 9.03. The van der Waals surface area contributed by atoms with E-state index in [0.29, 0.717) is 18.4 Å². The first kappa shape index (κ1) is 20.8. The van der Waals surface area contributed by atoms with E-state index in [4.69, 9.17) is 4.74 Å². The molecular weight excluding hydrogens is 357 g/mol. The number of benzene rings is 2. The summed E-state index contributed by atoms with van der Waals surface area (Å²) in [5.41, 5.74) is 0.382. The van der Waals surface area contributed by atoms with Crippen molar-refractivity contribution in [1.29, 1.82) is 0 Å². The van der Waals surface area contributed by atoms with Crippen LogP contribution in [-0.4, -0.2) is 17.5 Å². The van der Waals surface area contributed by atoms with E-state index in [1.807, 2.05) is 6.92 Å². The number of phenols is 1. The number of hydrogen-bond acceptors (Lipinski definition) is 3. The lowest BCUT2D eigenvalue weighted by atomic mass is 9.99. The van der Waals surface area contributed by atoms with E-state index in [9.17, 15) is 23.1 Å². The summed E-state index contributed by atoms with van der Waals surface area (Å²) < 4.78 is 47.1. The van der Waals surface area contributed by atoms with Gasteiger partial charge in [0.2, 0.25) is 5.82 Å². The Kier molecular flexibility index (Phi) is 7.28. The summed E-state index contributed by atoms with van der Waals surface area (Å²) in [4.78, 5) is 12.2. The van der Waals surface area contributed by atoms with E-state index >= 15 is 0 Å². The van der Waals surface area contributed by atoms with Gasteiger partial charge in [0.25, 0.3) is 0 Å². The van der Waals surface area contributed by atoms with E-state index in [-0.39, 0.29) is 42.7 Å². The molecule has 6 heteroatoms. The maximum atomic E-state index is 14.1. The van der Waals surface area contributed by atoms with Gasteiger partial charge in [0, 0.05) is 6.42 Å². The molecule has 0 saturated heterocycles. The fourth-order valence-corrected chi connectivity index (χ4v) is 2.90. The molecule has 0 atom stereocenters. The van der Waals surface area contributed by atoms with Crippen molar-refractivity contribution in [2.24, 2.45) is 0 Å². The summed E-state index contributed by atoms with van der Waals surface area (Å²) in [6, 6.07) is 5.67. The maximum absolute atomic E-state index is 14.1. The monoisotopic (exact) mass is 380 g/mol. The number of aromatic hydroxyl groups is 1. The van der Waals surface area contributed by atoms with Crippen LogP contribution >= 0.6 is 0 Å². The first-order chi connectivity index (χ1) is 12.9. The molecule has 0 unspecified atom stereocenters. The number of halogens is 3. The zero-order valence-electron chi connectivity index (χ0n) is 15.4. The van der Waals surface area contributed by atoms with E-state index in [0.717, 1.165) is 0 Å². The Hall–Kier alpha value is -2.50. The summed E-state index contributed by atoms with van der Waals surface area (Å²) in [5.74, 6) is -4.07. The molecule has 0 aromatic heterocycles. The highest BCUT2D eigenvalue weighted by Gasteiger charge is 2.19. The van der Waals surface area contributed by atoms with Crippen LogP contribution < -0.4 is 4.74 Å². The highest BCUT2D eigenvalue weighted by atomic mass is 19.2. The highest BCUT2D eigenvalue weighted by molar-refractivity contribution is 5.98. The SMILES string of the molecule is CCCc1ccc(CCCC(=O)c2ccc(OCC)c(F)c2O)c(F)c1F. The van der Waals surface area contributed by atoms with Gasteiger partial charge in [0.15, 0.2) is 28.9 Å². The van der Waals surface area contributed by atoms with Crippen LogP contribution in [0.5, 0.6) is 11.5 Å². The predicted octanol–water partition coefficient (Wildman–Crippen LogP) is 5.37. The van der Waals surface area contributed by atoms with E-state index in [1.54, 1.807) is 13.0 Å². The molecule has 0 radical (unpaired) electrons. The summed E-state index contributed by atoms with van der Waals surface area (Å²) in [7, 11) is 0. The van der Waals surface area contributed by atoms with Crippen LogP contribution in [-0.2, 0) is 12.8 Å². The van der Waals surface area contributed by atoms with Crippen molar-refractivity contribution >= 4 is 5.78 Å². The topological polar surface area (TPSA) is 46.5 Å². The van der Waals surface area contributed by atoms with Gasteiger partial charge in [-0.05, 0) is 49.4 Å². The Morgan fingerprint density at radius 1 is 0.963 bits per heavy atom. The third kappa shape index (κ3) is 4.81. The van der Waals surface area contributed by atoms with Gasteiger partial charge in [-0.1, -0.05) is 25.5 Å². The molecule has 0 bridgehead atoms. The van der Waals surface area contributed by atoms with Gasteiger partial charge in [0.05, 0.1) is 12.2 Å². The smallest absolute Gasteiger partial charge is 0.207 e. The van der Waals surface area contributed by atoms with Crippen molar-refractivity contribution in [3.05, 3.63) is 58.4 Å². The number of ether oxygens (including phenoxy) is 1. The minimum Gasteiger partial charge on any atom is -0.504 e. The molecule has 2 aromatic rings. The van der Waals surface area contributed by atoms with Crippen molar-refractivity contribution < 1.29 is 27.8 Å². The number of phenolic OH excluding ortho intramolecular Hbond substituents is 1. The summed E-state index contributed by atoms with van der Waals surface area (Å²) in [6.45, 7) is 3.78. The van der Waals surface area contributed by atoms with Crippen LogP contribution in [0.2, 0.25) is 0 Å². The third-order valence-electron chi connectivity index (χ3n) is 4.29. The molecular formula is C21H23F3O3. The first-order valence-corrected chi connectivity index (χ1v) is 9.03. The van der Waals surface area contributed by atoms with Crippen LogP contribution in [0.1, 0.15) is 54.6 Å². The highest BCUT2D eigenvalue weighted by Crippen LogP contribution is 2.30. The number of aryl methyl sites for hydroxylation is 2. The van der Waals surface area contributed by atoms with E-state index in [2.05, 4.69) is 0 Å². The molecule has 3 nitrogen and oxygen atoms in total. The summed E-state index contributed by atoms with van der Waals surface area (Å²) >= 11 is 0. The number of ketones is 1. The fraction of sp³-hybridized carbons (Fsp3) is 0.381. The molecule has 146 valence electrons. The van der Waals surface area contributed by atoms with E-state index in [1.165, 1.54) is 18.2 Å². The van der Waals surface area contributed by atoms with Crippen molar-refractivity contribution in [3.63, 3.8) is 0 Å². The van der Waals surface area contributed by atoms with Crippen molar-refractivity contribution in [1.82, 2.24) is 0 Å². The molecule has 2 rings (SSSR count). The largest absolute Gasteiger partial charge is 0.504 e. The van der Waals surface area contributed by atoms with Gasteiger partial charge < -0.3 is 9.84 Å². The third-order valence-corrected chi connectivity index (χ3v) is 4.29. The maximum Gasteiger partial charge on any atom is 0.207 e. The Labute approximate surface area is 156 Å². The number of carbonyl (C=O) groups excluding carboxylic acids is 1.